The molecule has 1 aromatic carbocycles. The molecular weight excluding hydrogens is 247 g/mol. The molecule has 0 saturated heterocycles. The molecule has 1 rings (SSSR count). The molecule has 1 atom stereocenters. The second kappa shape index (κ2) is 5.70. The second-order valence-electron chi connectivity index (χ2n) is 5.22. The van der Waals surface area contributed by atoms with Crippen LogP contribution in [0.15, 0.2) is 18.2 Å². The molecule has 19 heavy (non-hydrogen) atoms. The highest BCUT2D eigenvalue weighted by atomic mass is 19.1. The number of carbonyl (C=O) groups excluding carboxylic acids is 1. The molecule has 0 aliphatic rings. The van der Waals surface area contributed by atoms with E-state index < -0.39 is 23.6 Å². The summed E-state index contributed by atoms with van der Waals surface area (Å²) in [7, 11) is 0. The first kappa shape index (κ1) is 15.0. The van der Waals surface area contributed by atoms with E-state index in [1.807, 2.05) is 6.07 Å². The molecule has 0 aliphatic carbocycles. The Balaban J connectivity index is 2.76. The smallest absolute Gasteiger partial charge is 0.408 e. The maximum absolute atomic E-state index is 13.7. The Labute approximate surface area is 112 Å². The zero-order valence-electron chi connectivity index (χ0n) is 11.5. The van der Waals surface area contributed by atoms with Crippen LogP contribution < -0.4 is 5.32 Å². The molecule has 1 unspecified atom stereocenters. The van der Waals surface area contributed by atoms with Crippen LogP contribution in [0.3, 0.4) is 0 Å². The fourth-order valence-corrected chi connectivity index (χ4v) is 1.51. The molecule has 0 bridgehead atoms. The molecule has 4 nitrogen and oxygen atoms in total. The van der Waals surface area contributed by atoms with Crippen molar-refractivity contribution in [2.24, 2.45) is 0 Å². The molecule has 0 heterocycles. The predicted molar refractivity (Wildman–Crippen MR) is 68.9 cm³/mol. The number of nitrogens with zero attached hydrogens (tertiary/aromatic N) is 1. The zero-order valence-corrected chi connectivity index (χ0v) is 11.5. The van der Waals surface area contributed by atoms with Crippen LogP contribution in [-0.2, 0) is 4.74 Å². The number of alkyl carbamates (subject to hydrolysis) is 1. The number of halogens is 1. The van der Waals surface area contributed by atoms with Gasteiger partial charge in [0.15, 0.2) is 0 Å². The normalized spacial score (nSPS) is 12.4. The van der Waals surface area contributed by atoms with E-state index in [4.69, 9.17) is 10.00 Å². The second-order valence-corrected chi connectivity index (χ2v) is 5.22. The van der Waals surface area contributed by atoms with Crippen LogP contribution in [0.1, 0.15) is 44.9 Å². The van der Waals surface area contributed by atoms with E-state index in [0.717, 1.165) is 6.07 Å². The molecule has 0 saturated carbocycles. The van der Waals surface area contributed by atoms with Crippen LogP contribution in [0.2, 0.25) is 0 Å². The van der Waals surface area contributed by atoms with Crippen LogP contribution in [0.4, 0.5) is 9.18 Å². The zero-order chi connectivity index (χ0) is 14.6. The van der Waals surface area contributed by atoms with E-state index in [-0.39, 0.29) is 5.56 Å². The third-order valence-corrected chi connectivity index (χ3v) is 2.33. The fraction of sp³-hybridized carbons (Fsp3) is 0.429. The van der Waals surface area contributed by atoms with Crippen molar-refractivity contribution in [3.05, 3.63) is 35.1 Å². The fourth-order valence-electron chi connectivity index (χ4n) is 1.51. The van der Waals surface area contributed by atoms with Crippen molar-refractivity contribution in [1.29, 1.82) is 5.26 Å². The van der Waals surface area contributed by atoms with Crippen LogP contribution in [-0.4, -0.2) is 11.7 Å². The first-order valence-electron chi connectivity index (χ1n) is 5.92. The lowest BCUT2D eigenvalue weighted by Crippen LogP contribution is -2.34. The summed E-state index contributed by atoms with van der Waals surface area (Å²) < 4.78 is 18.8. The van der Waals surface area contributed by atoms with Gasteiger partial charge in [0.05, 0.1) is 17.7 Å². The molecule has 1 amide bonds. The minimum Gasteiger partial charge on any atom is -0.444 e. The number of benzene rings is 1. The standard InChI is InChI=1S/C14H17FN2O2/c1-9(17-13(18)19-14(2,3)4)11-6-5-10(8-16)7-12(11)15/h5-7,9H,1-4H3,(H,17,18). The quantitative estimate of drug-likeness (QED) is 0.891. The molecule has 0 fully saturated rings. The van der Waals surface area contributed by atoms with Gasteiger partial charge in [-0.25, -0.2) is 9.18 Å². The molecule has 1 N–H and O–H groups in total. The Morgan fingerprint density at radius 1 is 1.47 bits per heavy atom. The molecule has 102 valence electrons. The summed E-state index contributed by atoms with van der Waals surface area (Å²) in [4.78, 5) is 11.6. The number of nitriles is 1. The van der Waals surface area contributed by atoms with E-state index in [1.54, 1.807) is 27.7 Å². The summed E-state index contributed by atoms with van der Waals surface area (Å²) in [5, 5.41) is 11.2. The highest BCUT2D eigenvalue weighted by Gasteiger charge is 2.19. The van der Waals surface area contributed by atoms with Crippen molar-refractivity contribution in [3.63, 3.8) is 0 Å². The van der Waals surface area contributed by atoms with Crippen molar-refractivity contribution >= 4 is 6.09 Å². The number of hydrogen-bond acceptors (Lipinski definition) is 3. The van der Waals surface area contributed by atoms with Gasteiger partial charge in [-0.05, 0) is 39.8 Å². The van der Waals surface area contributed by atoms with Gasteiger partial charge in [0.1, 0.15) is 11.4 Å². The summed E-state index contributed by atoms with van der Waals surface area (Å²) in [5.41, 5.74) is -0.0527. The summed E-state index contributed by atoms with van der Waals surface area (Å²) in [6.45, 7) is 6.90. The van der Waals surface area contributed by atoms with E-state index >= 15 is 0 Å². The lowest BCUT2D eigenvalue weighted by Gasteiger charge is -2.22. The molecule has 0 aliphatic heterocycles. The Morgan fingerprint density at radius 2 is 2.11 bits per heavy atom. The van der Waals surface area contributed by atoms with Crippen molar-refractivity contribution in [3.8, 4) is 6.07 Å². The van der Waals surface area contributed by atoms with Gasteiger partial charge < -0.3 is 10.1 Å². The topological polar surface area (TPSA) is 62.1 Å². The van der Waals surface area contributed by atoms with Crippen LogP contribution in [0.25, 0.3) is 0 Å². The average Bonchev–Trinajstić information content (AvgIpc) is 2.25. The Bertz CT molecular complexity index is 515. The number of hydrogen-bond donors (Lipinski definition) is 1. The molecule has 0 spiro atoms. The highest BCUT2D eigenvalue weighted by Crippen LogP contribution is 2.18. The summed E-state index contributed by atoms with van der Waals surface area (Å²) in [6, 6.07) is 5.44. The third kappa shape index (κ3) is 4.59. The molecular formula is C14H17FN2O2. The first-order valence-corrected chi connectivity index (χ1v) is 5.92. The summed E-state index contributed by atoms with van der Waals surface area (Å²) in [6.07, 6.45) is -0.608. The van der Waals surface area contributed by atoms with Gasteiger partial charge in [0.25, 0.3) is 0 Å². The number of ether oxygens (including phenoxy) is 1. The Morgan fingerprint density at radius 3 is 2.58 bits per heavy atom. The minimum absolute atomic E-state index is 0.241. The Kier molecular flexibility index (Phi) is 4.49. The predicted octanol–water partition coefficient (Wildman–Crippen LogP) is 3.28. The maximum Gasteiger partial charge on any atom is 0.408 e. The van der Waals surface area contributed by atoms with Gasteiger partial charge >= 0.3 is 6.09 Å². The molecule has 1 aromatic rings. The Hall–Kier alpha value is -2.09. The van der Waals surface area contributed by atoms with Crippen molar-refractivity contribution in [2.45, 2.75) is 39.3 Å². The van der Waals surface area contributed by atoms with E-state index in [9.17, 15) is 9.18 Å². The number of rotatable bonds is 2. The van der Waals surface area contributed by atoms with Crippen LogP contribution in [0.5, 0.6) is 0 Å². The largest absolute Gasteiger partial charge is 0.444 e. The lowest BCUT2D eigenvalue weighted by atomic mass is 10.1. The van der Waals surface area contributed by atoms with Gasteiger partial charge in [0.2, 0.25) is 0 Å². The van der Waals surface area contributed by atoms with Gasteiger partial charge in [-0.15, -0.1) is 0 Å². The monoisotopic (exact) mass is 264 g/mol. The average molecular weight is 264 g/mol. The molecule has 5 heteroatoms. The summed E-state index contributed by atoms with van der Waals surface area (Å²) in [5.74, 6) is -0.525. The van der Waals surface area contributed by atoms with Crippen molar-refractivity contribution in [1.82, 2.24) is 5.32 Å². The number of nitrogens with one attached hydrogen (secondary N) is 1. The van der Waals surface area contributed by atoms with Gasteiger partial charge in [0, 0.05) is 5.56 Å². The van der Waals surface area contributed by atoms with Gasteiger partial charge in [-0.2, -0.15) is 5.26 Å². The van der Waals surface area contributed by atoms with Crippen molar-refractivity contribution < 1.29 is 13.9 Å². The SMILES string of the molecule is CC(NC(=O)OC(C)(C)C)c1ccc(C#N)cc1F. The van der Waals surface area contributed by atoms with Gasteiger partial charge in [-0.3, -0.25) is 0 Å². The molecule has 0 aromatic heterocycles. The first-order chi connectivity index (χ1) is 8.73. The van der Waals surface area contributed by atoms with E-state index in [1.165, 1.54) is 12.1 Å². The van der Waals surface area contributed by atoms with Gasteiger partial charge in [-0.1, -0.05) is 6.07 Å². The van der Waals surface area contributed by atoms with E-state index in [2.05, 4.69) is 5.32 Å². The number of carbonyl (C=O) groups is 1. The van der Waals surface area contributed by atoms with Crippen LogP contribution in [0, 0.1) is 17.1 Å². The highest BCUT2D eigenvalue weighted by molar-refractivity contribution is 5.68. The molecule has 0 radical (unpaired) electrons. The number of amides is 1. The van der Waals surface area contributed by atoms with Crippen molar-refractivity contribution in [2.75, 3.05) is 0 Å². The maximum atomic E-state index is 13.7. The van der Waals surface area contributed by atoms with Crippen LogP contribution >= 0.6 is 0 Å². The lowest BCUT2D eigenvalue weighted by molar-refractivity contribution is 0.0507. The van der Waals surface area contributed by atoms with E-state index in [0.29, 0.717) is 5.56 Å². The minimum atomic E-state index is -0.608. The third-order valence-electron chi connectivity index (χ3n) is 2.33. The summed E-state index contributed by atoms with van der Waals surface area (Å²) >= 11 is 0.